The van der Waals surface area contributed by atoms with Gasteiger partial charge < -0.3 is 9.94 Å². The molecule has 0 unspecified atom stereocenters. The normalized spacial score (nSPS) is 10.5. The third-order valence-corrected chi connectivity index (χ3v) is 3.67. The van der Waals surface area contributed by atoms with Crippen molar-refractivity contribution < 1.29 is 14.7 Å². The highest BCUT2D eigenvalue weighted by atomic mass is 32.1. The molecule has 0 fully saturated rings. The van der Waals surface area contributed by atoms with Crippen LogP contribution in [0.1, 0.15) is 16.1 Å². The Balaban J connectivity index is 1.77. The van der Waals surface area contributed by atoms with Gasteiger partial charge in [-0.2, -0.15) is 11.3 Å². The highest BCUT2D eigenvalue weighted by Gasteiger charge is 2.09. The van der Waals surface area contributed by atoms with E-state index in [1.165, 1.54) is 17.1 Å². The summed E-state index contributed by atoms with van der Waals surface area (Å²) < 4.78 is 0. The topological polar surface area (TPSA) is 64.3 Å². The average Bonchev–Trinajstić information content (AvgIpc) is 3.17. The molecule has 0 bridgehead atoms. The molecule has 0 aliphatic rings. The minimum Gasteiger partial charge on any atom is -0.476 e. The molecular weight excluding hydrogens is 288 g/mol. The number of thiophene rings is 1. The van der Waals surface area contributed by atoms with Crippen molar-refractivity contribution in [3.8, 4) is 11.1 Å². The first-order valence-electron chi connectivity index (χ1n) is 6.27. The molecule has 0 radical (unpaired) electrons. The van der Waals surface area contributed by atoms with Crippen LogP contribution in [0.4, 0.5) is 0 Å². The second-order valence-corrected chi connectivity index (χ2v) is 5.13. The van der Waals surface area contributed by atoms with Crippen molar-refractivity contribution in [1.29, 1.82) is 0 Å². The van der Waals surface area contributed by atoms with E-state index in [1.54, 1.807) is 11.3 Å². The summed E-state index contributed by atoms with van der Waals surface area (Å²) in [5, 5.41) is 16.7. The van der Waals surface area contributed by atoms with Gasteiger partial charge in [0.15, 0.2) is 5.69 Å². The van der Waals surface area contributed by atoms with Gasteiger partial charge in [0.1, 0.15) is 6.61 Å². The number of benzene rings is 1. The van der Waals surface area contributed by atoms with Crippen molar-refractivity contribution in [2.75, 3.05) is 0 Å². The first-order valence-corrected chi connectivity index (χ1v) is 7.21. The minimum absolute atomic E-state index is 0.0406. The summed E-state index contributed by atoms with van der Waals surface area (Å²) in [6.07, 6.45) is 1.48. The maximum absolute atomic E-state index is 10.8. The fourth-order valence-corrected chi connectivity index (χ4v) is 2.63. The van der Waals surface area contributed by atoms with E-state index < -0.39 is 5.97 Å². The van der Waals surface area contributed by atoms with E-state index in [1.807, 2.05) is 29.6 Å². The zero-order chi connectivity index (χ0) is 14.7. The van der Waals surface area contributed by atoms with Crippen LogP contribution in [0.2, 0.25) is 0 Å². The second kappa shape index (κ2) is 5.80. The lowest BCUT2D eigenvalue weighted by Gasteiger charge is -2.09. The van der Waals surface area contributed by atoms with Crippen LogP contribution >= 0.6 is 11.3 Å². The van der Waals surface area contributed by atoms with Crippen molar-refractivity contribution in [1.82, 2.24) is 9.94 Å². The van der Waals surface area contributed by atoms with Crippen LogP contribution < -0.4 is 4.84 Å². The summed E-state index contributed by atoms with van der Waals surface area (Å²) in [5.74, 6) is -1.07. The molecule has 106 valence electrons. The third-order valence-electron chi connectivity index (χ3n) is 2.99. The van der Waals surface area contributed by atoms with E-state index in [0.29, 0.717) is 6.61 Å². The van der Waals surface area contributed by atoms with Crippen LogP contribution in [-0.4, -0.2) is 21.0 Å². The van der Waals surface area contributed by atoms with Gasteiger partial charge in [-0.25, -0.2) is 4.79 Å². The Morgan fingerprint density at radius 1 is 1.29 bits per heavy atom. The largest absolute Gasteiger partial charge is 0.476 e. The average molecular weight is 300 g/mol. The molecule has 3 rings (SSSR count). The zero-order valence-electron chi connectivity index (χ0n) is 11.0. The Kier molecular flexibility index (Phi) is 3.70. The van der Waals surface area contributed by atoms with Crippen LogP contribution in [0.5, 0.6) is 0 Å². The first-order chi connectivity index (χ1) is 10.2. The summed E-state index contributed by atoms with van der Waals surface area (Å²) in [6.45, 7) is 0.312. The van der Waals surface area contributed by atoms with Gasteiger partial charge in [0.25, 0.3) is 0 Å². The number of aromatic nitrogens is 2. The Morgan fingerprint density at radius 3 is 2.86 bits per heavy atom. The number of carboxylic acids is 1. The van der Waals surface area contributed by atoms with E-state index >= 15 is 0 Å². The maximum atomic E-state index is 10.8. The molecular formula is C15H12N2O3S. The number of rotatable bonds is 5. The molecule has 1 N–H and O–H groups in total. The lowest BCUT2D eigenvalue weighted by atomic mass is 10.0. The molecule has 0 saturated carbocycles. The van der Waals surface area contributed by atoms with Gasteiger partial charge in [-0.15, -0.1) is 9.94 Å². The summed E-state index contributed by atoms with van der Waals surface area (Å²) >= 11 is 1.64. The molecule has 2 aromatic heterocycles. The Hall–Kier alpha value is -2.60. The van der Waals surface area contributed by atoms with Crippen LogP contribution in [0.15, 0.2) is 53.4 Å². The van der Waals surface area contributed by atoms with Crippen molar-refractivity contribution in [3.05, 3.63) is 64.6 Å². The molecule has 3 aromatic rings. The molecule has 21 heavy (non-hydrogen) atoms. The zero-order valence-corrected chi connectivity index (χ0v) is 11.8. The van der Waals surface area contributed by atoms with Crippen LogP contribution in [0.25, 0.3) is 11.1 Å². The van der Waals surface area contributed by atoms with E-state index in [-0.39, 0.29) is 5.69 Å². The van der Waals surface area contributed by atoms with Crippen LogP contribution in [0, 0.1) is 0 Å². The lowest BCUT2D eigenvalue weighted by Crippen LogP contribution is -2.13. The van der Waals surface area contributed by atoms with E-state index in [4.69, 9.17) is 9.94 Å². The van der Waals surface area contributed by atoms with Gasteiger partial charge in [0.05, 0.1) is 6.20 Å². The quantitative estimate of drug-likeness (QED) is 0.787. The standard InChI is InChI=1S/C15H12N2O3S/c18-15(19)14-5-7-17(16-14)20-9-11-3-1-2-4-13(11)12-6-8-21-10-12/h1-8,10H,9H2,(H,18,19). The highest BCUT2D eigenvalue weighted by molar-refractivity contribution is 7.08. The van der Waals surface area contributed by atoms with Crippen molar-refractivity contribution in [2.24, 2.45) is 0 Å². The smallest absolute Gasteiger partial charge is 0.356 e. The van der Waals surface area contributed by atoms with Gasteiger partial charge >= 0.3 is 5.97 Å². The summed E-state index contributed by atoms with van der Waals surface area (Å²) in [7, 11) is 0. The molecule has 5 nitrogen and oxygen atoms in total. The van der Waals surface area contributed by atoms with Gasteiger partial charge in [-0.3, -0.25) is 0 Å². The first kappa shape index (κ1) is 13.4. The van der Waals surface area contributed by atoms with Gasteiger partial charge in [-0.1, -0.05) is 24.3 Å². The van der Waals surface area contributed by atoms with E-state index in [9.17, 15) is 4.79 Å². The number of carboxylic acid groups (broad SMARTS) is 1. The molecule has 1 aromatic carbocycles. The van der Waals surface area contributed by atoms with Crippen molar-refractivity contribution in [2.45, 2.75) is 6.61 Å². The molecule has 0 saturated heterocycles. The van der Waals surface area contributed by atoms with E-state index in [2.05, 4.69) is 16.5 Å². The predicted octanol–water partition coefficient (Wildman–Crippen LogP) is 2.94. The molecule has 0 aliphatic carbocycles. The SMILES string of the molecule is O=C(O)c1ccn(OCc2ccccc2-c2ccsc2)n1. The maximum Gasteiger partial charge on any atom is 0.356 e. The fourth-order valence-electron chi connectivity index (χ4n) is 1.97. The molecule has 6 heteroatoms. The molecule has 0 spiro atoms. The van der Waals surface area contributed by atoms with Crippen molar-refractivity contribution in [3.63, 3.8) is 0 Å². The predicted molar refractivity (Wildman–Crippen MR) is 79.2 cm³/mol. The number of nitrogens with zero attached hydrogens (tertiary/aromatic N) is 2. The van der Waals surface area contributed by atoms with Crippen molar-refractivity contribution >= 4 is 17.3 Å². The van der Waals surface area contributed by atoms with Gasteiger partial charge in [0.2, 0.25) is 0 Å². The Labute approximate surface area is 125 Å². The summed E-state index contributed by atoms with van der Waals surface area (Å²) in [5.41, 5.74) is 3.22. The minimum atomic E-state index is -1.07. The Morgan fingerprint density at radius 2 is 2.14 bits per heavy atom. The van der Waals surface area contributed by atoms with Gasteiger partial charge in [-0.05, 0) is 39.6 Å². The summed E-state index contributed by atoms with van der Waals surface area (Å²) in [4.78, 5) is 17.4. The molecule has 0 atom stereocenters. The monoisotopic (exact) mass is 300 g/mol. The molecule has 0 amide bonds. The van der Waals surface area contributed by atoms with E-state index in [0.717, 1.165) is 16.7 Å². The Bertz CT molecular complexity index is 750. The van der Waals surface area contributed by atoms with Gasteiger partial charge in [0, 0.05) is 0 Å². The van der Waals surface area contributed by atoms with Crippen LogP contribution in [0.3, 0.4) is 0 Å². The van der Waals surface area contributed by atoms with Crippen LogP contribution in [-0.2, 0) is 6.61 Å². The molecule has 2 heterocycles. The second-order valence-electron chi connectivity index (χ2n) is 4.35. The fraction of sp³-hybridized carbons (Fsp3) is 0.0667. The summed E-state index contributed by atoms with van der Waals surface area (Å²) in [6, 6.07) is 11.4. The number of hydrogen-bond acceptors (Lipinski definition) is 4. The number of hydrogen-bond donors (Lipinski definition) is 1. The number of carbonyl (C=O) groups is 1. The number of aromatic carboxylic acids is 1. The molecule has 0 aliphatic heterocycles. The lowest BCUT2D eigenvalue weighted by molar-refractivity contribution is 0.0609. The third kappa shape index (κ3) is 2.95. The highest BCUT2D eigenvalue weighted by Crippen LogP contribution is 2.25.